The fourth-order valence-electron chi connectivity index (χ4n) is 2.00. The number of ether oxygens (including phenoxy) is 1. The molecule has 0 spiro atoms. The lowest BCUT2D eigenvalue weighted by Gasteiger charge is -2.04. The molecule has 7 heteroatoms. The van der Waals surface area contributed by atoms with Crippen LogP contribution in [0.1, 0.15) is 10.4 Å². The number of esters is 1. The van der Waals surface area contributed by atoms with Crippen molar-refractivity contribution in [2.45, 2.75) is 0 Å². The van der Waals surface area contributed by atoms with E-state index in [1.54, 1.807) is 12.1 Å². The largest absolute Gasteiger partial charge is 0.507 e. The van der Waals surface area contributed by atoms with Crippen LogP contribution in [0.15, 0.2) is 36.5 Å². The van der Waals surface area contributed by atoms with Gasteiger partial charge in [0.2, 0.25) is 0 Å². The van der Waals surface area contributed by atoms with Gasteiger partial charge in [0.15, 0.2) is 11.5 Å². The standard InChI is InChI=1S/C14H10FN3O3/c1-21-14(20)8-2-5-12-16-17-13(18(12)7-8)10-6-9(15)3-4-11(10)19/h2-7,19H,1H3. The number of pyridine rings is 1. The van der Waals surface area contributed by atoms with E-state index in [0.29, 0.717) is 11.2 Å². The van der Waals surface area contributed by atoms with E-state index in [1.165, 1.54) is 23.8 Å². The van der Waals surface area contributed by atoms with Gasteiger partial charge in [0, 0.05) is 6.20 Å². The van der Waals surface area contributed by atoms with Crippen LogP contribution in [0.2, 0.25) is 0 Å². The highest BCUT2D eigenvalue weighted by Gasteiger charge is 2.15. The summed E-state index contributed by atoms with van der Waals surface area (Å²) in [7, 11) is 1.28. The second kappa shape index (κ2) is 4.86. The second-order valence-corrected chi connectivity index (χ2v) is 4.32. The summed E-state index contributed by atoms with van der Waals surface area (Å²) in [5, 5.41) is 17.7. The Hall–Kier alpha value is -2.96. The Morgan fingerprint density at radius 2 is 2.10 bits per heavy atom. The number of carbonyl (C=O) groups excluding carboxylic acids is 1. The molecule has 3 rings (SSSR count). The second-order valence-electron chi connectivity index (χ2n) is 4.32. The third-order valence-electron chi connectivity index (χ3n) is 3.02. The van der Waals surface area contributed by atoms with E-state index in [4.69, 9.17) is 0 Å². The number of fused-ring (bicyclic) bond motifs is 1. The van der Waals surface area contributed by atoms with Crippen LogP contribution in [-0.2, 0) is 4.74 Å². The Morgan fingerprint density at radius 3 is 2.86 bits per heavy atom. The molecule has 0 saturated heterocycles. The molecule has 0 amide bonds. The van der Waals surface area contributed by atoms with Crippen LogP contribution in [-0.4, -0.2) is 32.8 Å². The van der Waals surface area contributed by atoms with Crippen molar-refractivity contribution in [3.05, 3.63) is 47.9 Å². The molecule has 0 atom stereocenters. The number of methoxy groups -OCH3 is 1. The maximum atomic E-state index is 13.4. The lowest BCUT2D eigenvalue weighted by atomic mass is 10.2. The molecule has 0 bridgehead atoms. The fourth-order valence-corrected chi connectivity index (χ4v) is 2.00. The van der Waals surface area contributed by atoms with Crippen LogP contribution < -0.4 is 0 Å². The van der Waals surface area contributed by atoms with Gasteiger partial charge in [-0.3, -0.25) is 4.40 Å². The van der Waals surface area contributed by atoms with E-state index in [2.05, 4.69) is 14.9 Å². The van der Waals surface area contributed by atoms with Gasteiger partial charge in [-0.15, -0.1) is 10.2 Å². The number of rotatable bonds is 2. The molecule has 2 aromatic heterocycles. The molecule has 21 heavy (non-hydrogen) atoms. The normalized spacial score (nSPS) is 10.8. The number of phenols is 1. The van der Waals surface area contributed by atoms with Crippen LogP contribution in [0, 0.1) is 5.82 Å². The number of phenolic OH excluding ortho intramolecular Hbond substituents is 1. The summed E-state index contributed by atoms with van der Waals surface area (Å²) in [4.78, 5) is 11.6. The van der Waals surface area contributed by atoms with Gasteiger partial charge >= 0.3 is 5.97 Å². The molecule has 0 aliphatic rings. The van der Waals surface area contributed by atoms with Crippen molar-refractivity contribution in [2.24, 2.45) is 0 Å². The van der Waals surface area contributed by atoms with Crippen molar-refractivity contribution in [2.75, 3.05) is 7.11 Å². The molecular weight excluding hydrogens is 277 g/mol. The topological polar surface area (TPSA) is 76.7 Å². The fraction of sp³-hybridized carbons (Fsp3) is 0.0714. The molecule has 1 N–H and O–H groups in total. The predicted octanol–water partition coefficient (Wildman–Crippen LogP) is 2.03. The van der Waals surface area contributed by atoms with Crippen molar-refractivity contribution in [1.29, 1.82) is 0 Å². The summed E-state index contributed by atoms with van der Waals surface area (Å²) < 4.78 is 19.5. The number of nitrogens with zero attached hydrogens (tertiary/aromatic N) is 3. The highest BCUT2D eigenvalue weighted by Crippen LogP contribution is 2.28. The first-order valence-corrected chi connectivity index (χ1v) is 6.02. The SMILES string of the molecule is COC(=O)c1ccc2nnc(-c3cc(F)ccc3O)n2c1. The van der Waals surface area contributed by atoms with Gasteiger partial charge in [0.25, 0.3) is 0 Å². The van der Waals surface area contributed by atoms with Gasteiger partial charge in [0.1, 0.15) is 11.6 Å². The third kappa shape index (κ3) is 2.18. The van der Waals surface area contributed by atoms with Crippen LogP contribution >= 0.6 is 0 Å². The Balaban J connectivity index is 2.23. The van der Waals surface area contributed by atoms with Gasteiger partial charge < -0.3 is 9.84 Å². The van der Waals surface area contributed by atoms with E-state index in [0.717, 1.165) is 12.1 Å². The zero-order valence-corrected chi connectivity index (χ0v) is 10.9. The molecule has 0 unspecified atom stereocenters. The summed E-state index contributed by atoms with van der Waals surface area (Å²) in [6, 6.07) is 6.65. The van der Waals surface area contributed by atoms with Crippen molar-refractivity contribution in [1.82, 2.24) is 14.6 Å². The van der Waals surface area contributed by atoms with E-state index < -0.39 is 11.8 Å². The highest BCUT2D eigenvalue weighted by atomic mass is 19.1. The summed E-state index contributed by atoms with van der Waals surface area (Å²) in [6.45, 7) is 0. The van der Waals surface area contributed by atoms with E-state index in [1.807, 2.05) is 0 Å². The number of benzene rings is 1. The Kier molecular flexibility index (Phi) is 3.02. The van der Waals surface area contributed by atoms with Crippen molar-refractivity contribution in [3.8, 4) is 17.1 Å². The average molecular weight is 287 g/mol. The predicted molar refractivity (Wildman–Crippen MR) is 71.4 cm³/mol. The molecule has 0 saturated carbocycles. The van der Waals surface area contributed by atoms with Gasteiger partial charge in [-0.2, -0.15) is 0 Å². The summed E-state index contributed by atoms with van der Waals surface area (Å²) in [5.41, 5.74) is 0.938. The maximum absolute atomic E-state index is 13.4. The molecule has 0 aliphatic carbocycles. The van der Waals surface area contributed by atoms with Gasteiger partial charge in [0.05, 0.1) is 18.2 Å². The summed E-state index contributed by atoms with van der Waals surface area (Å²) in [6.07, 6.45) is 1.47. The number of halogens is 1. The molecule has 1 aromatic carbocycles. The molecule has 106 valence electrons. The summed E-state index contributed by atoms with van der Waals surface area (Å²) in [5.74, 6) is -0.925. The number of carbonyl (C=O) groups is 1. The van der Waals surface area contributed by atoms with Gasteiger partial charge in [-0.05, 0) is 30.3 Å². The highest BCUT2D eigenvalue weighted by molar-refractivity contribution is 5.89. The molecule has 3 aromatic rings. The summed E-state index contributed by atoms with van der Waals surface area (Å²) >= 11 is 0. The lowest BCUT2D eigenvalue weighted by molar-refractivity contribution is 0.0600. The van der Waals surface area contributed by atoms with E-state index >= 15 is 0 Å². The number of aromatic nitrogens is 3. The van der Waals surface area contributed by atoms with E-state index in [9.17, 15) is 14.3 Å². The first kappa shape index (κ1) is 13.0. The first-order chi connectivity index (χ1) is 10.1. The average Bonchev–Trinajstić information content (AvgIpc) is 2.91. The van der Waals surface area contributed by atoms with Crippen LogP contribution in [0.3, 0.4) is 0 Å². The molecule has 0 fully saturated rings. The zero-order chi connectivity index (χ0) is 15.0. The number of hydrogen-bond donors (Lipinski definition) is 1. The minimum Gasteiger partial charge on any atom is -0.507 e. The first-order valence-electron chi connectivity index (χ1n) is 6.02. The quantitative estimate of drug-likeness (QED) is 0.730. The monoisotopic (exact) mass is 287 g/mol. The molecule has 0 aliphatic heterocycles. The molecular formula is C14H10FN3O3. The van der Waals surface area contributed by atoms with Crippen molar-refractivity contribution < 1.29 is 19.0 Å². The third-order valence-corrected chi connectivity index (χ3v) is 3.02. The number of hydrogen-bond acceptors (Lipinski definition) is 5. The zero-order valence-electron chi connectivity index (χ0n) is 10.9. The Bertz CT molecular complexity index is 845. The molecule has 2 heterocycles. The Labute approximate surface area is 118 Å². The minimum atomic E-state index is -0.514. The van der Waals surface area contributed by atoms with Crippen LogP contribution in [0.25, 0.3) is 17.0 Å². The maximum Gasteiger partial charge on any atom is 0.339 e. The molecule has 6 nitrogen and oxygen atoms in total. The van der Waals surface area contributed by atoms with Crippen molar-refractivity contribution >= 4 is 11.6 Å². The van der Waals surface area contributed by atoms with Gasteiger partial charge in [-0.25, -0.2) is 9.18 Å². The smallest absolute Gasteiger partial charge is 0.339 e. The molecule has 0 radical (unpaired) electrons. The minimum absolute atomic E-state index is 0.130. The van der Waals surface area contributed by atoms with Crippen LogP contribution in [0.5, 0.6) is 5.75 Å². The Morgan fingerprint density at radius 1 is 1.29 bits per heavy atom. The van der Waals surface area contributed by atoms with Crippen LogP contribution in [0.4, 0.5) is 4.39 Å². The van der Waals surface area contributed by atoms with Gasteiger partial charge in [-0.1, -0.05) is 0 Å². The van der Waals surface area contributed by atoms with Crippen molar-refractivity contribution in [3.63, 3.8) is 0 Å². The lowest BCUT2D eigenvalue weighted by Crippen LogP contribution is -2.03. The number of aromatic hydroxyl groups is 1. The van der Waals surface area contributed by atoms with E-state index in [-0.39, 0.29) is 17.1 Å².